The zero-order valence-electron chi connectivity index (χ0n) is 10.9. The van der Waals surface area contributed by atoms with Crippen molar-refractivity contribution in [3.8, 4) is 0 Å². The number of nitrogens with two attached hydrogens (primary N) is 1. The van der Waals surface area contributed by atoms with Gasteiger partial charge in [-0.3, -0.25) is 0 Å². The van der Waals surface area contributed by atoms with E-state index in [-0.39, 0.29) is 17.4 Å². The van der Waals surface area contributed by atoms with Gasteiger partial charge in [0.25, 0.3) is 0 Å². The van der Waals surface area contributed by atoms with Crippen LogP contribution in [0.25, 0.3) is 0 Å². The minimum absolute atomic E-state index is 0.0106. The lowest BCUT2D eigenvalue weighted by atomic mass is 9.98. The molecule has 2 rings (SSSR count). The molecule has 0 aromatic heterocycles. The molecule has 1 saturated carbocycles. The molecular formula is C14H16F3NO2. The molecule has 1 fully saturated rings. The SMILES string of the molecule is Nc1cc(C(F)(F)F)ccc1C(=O)OC1CCCCC1. The normalized spacial score (nSPS) is 16.9. The van der Waals surface area contributed by atoms with Crippen molar-refractivity contribution in [1.82, 2.24) is 0 Å². The van der Waals surface area contributed by atoms with E-state index in [4.69, 9.17) is 10.5 Å². The maximum Gasteiger partial charge on any atom is 0.416 e. The first-order valence-corrected chi connectivity index (χ1v) is 6.55. The van der Waals surface area contributed by atoms with Crippen molar-refractivity contribution in [3.63, 3.8) is 0 Å². The lowest BCUT2D eigenvalue weighted by Crippen LogP contribution is -2.21. The molecule has 2 N–H and O–H groups in total. The molecule has 6 heteroatoms. The number of hydrogen-bond acceptors (Lipinski definition) is 3. The first kappa shape index (κ1) is 14.7. The first-order valence-electron chi connectivity index (χ1n) is 6.55. The number of benzene rings is 1. The minimum atomic E-state index is -4.47. The van der Waals surface area contributed by atoms with Crippen LogP contribution in [0, 0.1) is 0 Å². The Hall–Kier alpha value is -1.72. The van der Waals surface area contributed by atoms with Gasteiger partial charge in [0.15, 0.2) is 0 Å². The quantitative estimate of drug-likeness (QED) is 0.665. The van der Waals surface area contributed by atoms with E-state index in [1.165, 1.54) is 0 Å². The van der Waals surface area contributed by atoms with Crippen molar-refractivity contribution >= 4 is 11.7 Å². The summed E-state index contributed by atoms with van der Waals surface area (Å²) >= 11 is 0. The lowest BCUT2D eigenvalue weighted by molar-refractivity contribution is -0.137. The Balaban J connectivity index is 2.10. The van der Waals surface area contributed by atoms with Crippen molar-refractivity contribution < 1.29 is 22.7 Å². The van der Waals surface area contributed by atoms with Crippen LogP contribution in [-0.2, 0) is 10.9 Å². The zero-order valence-corrected chi connectivity index (χ0v) is 10.9. The van der Waals surface area contributed by atoms with E-state index in [0.717, 1.165) is 50.3 Å². The molecule has 1 aromatic carbocycles. The van der Waals surface area contributed by atoms with Crippen molar-refractivity contribution in [2.24, 2.45) is 0 Å². The number of ether oxygens (including phenoxy) is 1. The van der Waals surface area contributed by atoms with E-state index in [2.05, 4.69) is 0 Å². The molecule has 0 saturated heterocycles. The number of halogens is 3. The molecule has 0 atom stereocenters. The molecule has 0 amide bonds. The van der Waals surface area contributed by atoms with Crippen LogP contribution in [0.3, 0.4) is 0 Å². The maximum atomic E-state index is 12.5. The van der Waals surface area contributed by atoms with E-state index in [9.17, 15) is 18.0 Å². The summed E-state index contributed by atoms with van der Waals surface area (Å²) in [7, 11) is 0. The Morgan fingerprint density at radius 3 is 2.40 bits per heavy atom. The standard InChI is InChI=1S/C14H16F3NO2/c15-14(16,17)9-6-7-11(12(18)8-9)13(19)20-10-4-2-1-3-5-10/h6-8,10H,1-5,18H2. The third-order valence-corrected chi connectivity index (χ3v) is 3.42. The van der Waals surface area contributed by atoms with Gasteiger partial charge in [0.2, 0.25) is 0 Å². The topological polar surface area (TPSA) is 52.3 Å². The van der Waals surface area contributed by atoms with Crippen molar-refractivity contribution in [3.05, 3.63) is 29.3 Å². The van der Waals surface area contributed by atoms with Crippen LogP contribution in [0.5, 0.6) is 0 Å². The highest BCUT2D eigenvalue weighted by Gasteiger charge is 2.31. The Kier molecular flexibility index (Phi) is 4.20. The molecule has 1 aliphatic rings. The van der Waals surface area contributed by atoms with Crippen LogP contribution >= 0.6 is 0 Å². The molecule has 0 unspecified atom stereocenters. The summed E-state index contributed by atoms with van der Waals surface area (Å²) in [5.41, 5.74) is 4.43. The number of esters is 1. The van der Waals surface area contributed by atoms with E-state index in [1.807, 2.05) is 0 Å². The highest BCUT2D eigenvalue weighted by atomic mass is 19.4. The fourth-order valence-electron chi connectivity index (χ4n) is 2.32. The fourth-order valence-corrected chi connectivity index (χ4v) is 2.32. The monoisotopic (exact) mass is 287 g/mol. The van der Waals surface area contributed by atoms with Crippen LogP contribution < -0.4 is 5.73 Å². The van der Waals surface area contributed by atoms with Gasteiger partial charge < -0.3 is 10.5 Å². The minimum Gasteiger partial charge on any atom is -0.459 e. The largest absolute Gasteiger partial charge is 0.459 e. The second-order valence-corrected chi connectivity index (χ2v) is 4.97. The number of carbonyl (C=O) groups excluding carboxylic acids is 1. The molecule has 1 aromatic rings. The summed E-state index contributed by atoms with van der Waals surface area (Å²) in [6, 6.07) is 2.68. The molecule has 0 bridgehead atoms. The summed E-state index contributed by atoms with van der Waals surface area (Å²) < 4.78 is 42.8. The Morgan fingerprint density at radius 1 is 1.20 bits per heavy atom. The molecule has 0 radical (unpaired) electrons. The van der Waals surface area contributed by atoms with E-state index >= 15 is 0 Å². The second kappa shape index (κ2) is 5.73. The number of anilines is 1. The first-order chi connectivity index (χ1) is 9.38. The predicted octanol–water partition coefficient (Wildman–Crippen LogP) is 3.78. The average molecular weight is 287 g/mol. The summed E-state index contributed by atoms with van der Waals surface area (Å²) in [6.07, 6.45) is 0.0912. The summed E-state index contributed by atoms with van der Waals surface area (Å²) in [5.74, 6) is -0.650. The summed E-state index contributed by atoms with van der Waals surface area (Å²) in [4.78, 5) is 11.9. The van der Waals surface area contributed by atoms with Gasteiger partial charge in [0, 0.05) is 5.69 Å². The van der Waals surface area contributed by atoms with Crippen LogP contribution in [-0.4, -0.2) is 12.1 Å². The van der Waals surface area contributed by atoms with Crippen LogP contribution in [0.15, 0.2) is 18.2 Å². The third-order valence-electron chi connectivity index (χ3n) is 3.42. The van der Waals surface area contributed by atoms with Gasteiger partial charge in [0.1, 0.15) is 6.10 Å². The van der Waals surface area contributed by atoms with Crippen molar-refractivity contribution in [2.75, 3.05) is 5.73 Å². The smallest absolute Gasteiger partial charge is 0.416 e. The molecule has 1 aliphatic carbocycles. The second-order valence-electron chi connectivity index (χ2n) is 4.97. The third kappa shape index (κ3) is 3.43. The highest BCUT2D eigenvalue weighted by molar-refractivity contribution is 5.95. The van der Waals surface area contributed by atoms with E-state index < -0.39 is 17.7 Å². The summed E-state index contributed by atoms with van der Waals surface area (Å²) in [5, 5.41) is 0. The highest BCUT2D eigenvalue weighted by Crippen LogP contribution is 2.32. The van der Waals surface area contributed by atoms with Gasteiger partial charge in [-0.15, -0.1) is 0 Å². The number of rotatable bonds is 2. The number of alkyl halides is 3. The van der Waals surface area contributed by atoms with Gasteiger partial charge in [-0.1, -0.05) is 6.42 Å². The van der Waals surface area contributed by atoms with Gasteiger partial charge in [-0.2, -0.15) is 13.2 Å². The number of carbonyl (C=O) groups is 1. The average Bonchev–Trinajstić information content (AvgIpc) is 2.38. The maximum absolute atomic E-state index is 12.5. The Bertz CT molecular complexity index is 494. The van der Waals surface area contributed by atoms with Crippen LogP contribution in [0.2, 0.25) is 0 Å². The Labute approximate surface area is 114 Å². The van der Waals surface area contributed by atoms with Gasteiger partial charge in [-0.25, -0.2) is 4.79 Å². The lowest BCUT2D eigenvalue weighted by Gasteiger charge is -2.22. The van der Waals surface area contributed by atoms with Crippen molar-refractivity contribution in [2.45, 2.75) is 44.4 Å². The van der Waals surface area contributed by atoms with Gasteiger partial charge in [0.05, 0.1) is 11.1 Å². The molecule has 3 nitrogen and oxygen atoms in total. The molecular weight excluding hydrogens is 271 g/mol. The number of hydrogen-bond donors (Lipinski definition) is 1. The molecule has 0 spiro atoms. The Morgan fingerprint density at radius 2 is 1.85 bits per heavy atom. The van der Waals surface area contributed by atoms with Crippen LogP contribution in [0.1, 0.15) is 48.0 Å². The van der Waals surface area contributed by atoms with Gasteiger partial charge in [-0.05, 0) is 43.9 Å². The molecule has 0 aliphatic heterocycles. The molecule has 20 heavy (non-hydrogen) atoms. The number of nitrogen functional groups attached to an aromatic ring is 1. The van der Waals surface area contributed by atoms with Crippen molar-refractivity contribution in [1.29, 1.82) is 0 Å². The summed E-state index contributed by atoms with van der Waals surface area (Å²) in [6.45, 7) is 0. The molecule has 110 valence electrons. The molecule has 0 heterocycles. The fraction of sp³-hybridized carbons (Fsp3) is 0.500. The van der Waals surface area contributed by atoms with Gasteiger partial charge >= 0.3 is 12.1 Å². The zero-order chi connectivity index (χ0) is 14.8. The van der Waals surface area contributed by atoms with E-state index in [0.29, 0.717) is 0 Å². The van der Waals surface area contributed by atoms with E-state index in [1.54, 1.807) is 0 Å². The predicted molar refractivity (Wildman–Crippen MR) is 68.1 cm³/mol. The van der Waals surface area contributed by atoms with Crippen LogP contribution in [0.4, 0.5) is 18.9 Å².